The number of carbonyl (C=O) groups excluding carboxylic acids is 2. The summed E-state index contributed by atoms with van der Waals surface area (Å²) >= 11 is 0. The molecule has 0 aromatic carbocycles. The van der Waals surface area contributed by atoms with Crippen LogP contribution in [0, 0.1) is 23.7 Å². The van der Waals surface area contributed by atoms with E-state index in [9.17, 15) is 19.5 Å². The van der Waals surface area contributed by atoms with Gasteiger partial charge in [-0.15, -0.1) is 0 Å². The van der Waals surface area contributed by atoms with Gasteiger partial charge < -0.3 is 24.2 Å². The molecular formula is C24H35NO9. The minimum atomic E-state index is -1.01. The molecule has 5 saturated heterocycles. The Labute approximate surface area is 199 Å². The lowest BCUT2D eigenvalue weighted by Gasteiger charge is -2.59. The lowest BCUT2D eigenvalue weighted by molar-refractivity contribution is -0.576. The number of hydrogen-bond donors (Lipinski definition) is 1. The van der Waals surface area contributed by atoms with Crippen molar-refractivity contribution in [1.29, 1.82) is 0 Å². The van der Waals surface area contributed by atoms with Crippen molar-refractivity contribution < 1.29 is 43.5 Å². The van der Waals surface area contributed by atoms with E-state index in [0.29, 0.717) is 31.7 Å². The number of esters is 1. The van der Waals surface area contributed by atoms with E-state index >= 15 is 0 Å². The minimum Gasteiger partial charge on any atom is -0.480 e. The van der Waals surface area contributed by atoms with E-state index in [0.717, 1.165) is 19.3 Å². The number of nitrogens with zero attached hydrogens (tertiary/aromatic N) is 1. The molecule has 1 spiro atoms. The third-order valence-electron chi connectivity index (χ3n) is 8.75. The first kappa shape index (κ1) is 24.0. The van der Waals surface area contributed by atoms with E-state index in [-0.39, 0.29) is 36.5 Å². The van der Waals surface area contributed by atoms with Gasteiger partial charge in [0.2, 0.25) is 18.0 Å². The summed E-state index contributed by atoms with van der Waals surface area (Å²) in [6.07, 6.45) is 2.89. The van der Waals surface area contributed by atoms with Crippen molar-refractivity contribution >= 4 is 17.8 Å². The van der Waals surface area contributed by atoms with Gasteiger partial charge in [-0.05, 0) is 50.9 Å². The molecule has 6 aliphatic rings. The predicted molar refractivity (Wildman–Crippen MR) is 115 cm³/mol. The van der Waals surface area contributed by atoms with Gasteiger partial charge in [0.1, 0.15) is 6.04 Å². The third kappa shape index (κ3) is 3.83. The van der Waals surface area contributed by atoms with E-state index in [1.165, 1.54) is 4.90 Å². The summed E-state index contributed by atoms with van der Waals surface area (Å²) in [5, 5.41) is 9.29. The van der Waals surface area contributed by atoms with Crippen LogP contribution >= 0.6 is 0 Å². The van der Waals surface area contributed by atoms with Crippen LogP contribution in [-0.2, 0) is 38.4 Å². The zero-order valence-corrected chi connectivity index (χ0v) is 20.1. The fraction of sp³-hybridized carbons (Fsp3) is 0.875. The second-order valence-electron chi connectivity index (χ2n) is 10.8. The van der Waals surface area contributed by atoms with Gasteiger partial charge in [0, 0.05) is 31.2 Å². The number of fused-ring (bicyclic) bond motifs is 2. The zero-order chi connectivity index (χ0) is 24.3. The summed E-state index contributed by atoms with van der Waals surface area (Å²) in [5.74, 6) is -2.25. The van der Waals surface area contributed by atoms with Crippen LogP contribution in [0.5, 0.6) is 0 Å². The maximum atomic E-state index is 12.7. The highest BCUT2D eigenvalue weighted by Crippen LogP contribution is 2.60. The summed E-state index contributed by atoms with van der Waals surface area (Å²) in [4.78, 5) is 49.8. The molecule has 10 nitrogen and oxygen atoms in total. The predicted octanol–water partition coefficient (Wildman–Crippen LogP) is 2.59. The zero-order valence-electron chi connectivity index (χ0n) is 20.1. The fourth-order valence-electron chi connectivity index (χ4n) is 6.87. The molecule has 0 aromatic heterocycles. The van der Waals surface area contributed by atoms with Crippen LogP contribution in [0.25, 0.3) is 0 Å². The monoisotopic (exact) mass is 481 g/mol. The standard InChI is InChI=1S/C24H35NO9/c1-13-6-7-16-14(2)21(31-22-24(16)15(13)10-11-23(3,32-22)33-34-24)30-19(27)9-8-18(26)25-12-4-5-17(25)20(28)29/h13-17,21-22H,4-12H2,1-3H3,(H,28,29)/t13-,14-,15+,16+,17+,21-,22-,23+,24-/m1/s1. The highest BCUT2D eigenvalue weighted by molar-refractivity contribution is 5.86. The third-order valence-corrected chi connectivity index (χ3v) is 8.75. The topological polar surface area (TPSA) is 121 Å². The van der Waals surface area contributed by atoms with Crippen LogP contribution in [0.1, 0.15) is 72.1 Å². The van der Waals surface area contributed by atoms with E-state index in [1.54, 1.807) is 0 Å². The molecule has 6 rings (SSSR count). The molecule has 34 heavy (non-hydrogen) atoms. The van der Waals surface area contributed by atoms with Crippen molar-refractivity contribution in [3.63, 3.8) is 0 Å². The average molecular weight is 482 g/mol. The average Bonchev–Trinajstić information content (AvgIpc) is 3.18. The smallest absolute Gasteiger partial charge is 0.326 e. The molecule has 0 unspecified atom stereocenters. The summed E-state index contributed by atoms with van der Waals surface area (Å²) in [6.45, 7) is 6.47. The molecule has 1 N–H and O–H groups in total. The first-order valence-electron chi connectivity index (χ1n) is 12.6. The molecule has 0 aromatic rings. The Morgan fingerprint density at radius 3 is 2.62 bits per heavy atom. The number of rotatable bonds is 5. The van der Waals surface area contributed by atoms with Crippen LogP contribution in [0.15, 0.2) is 0 Å². The molecular weight excluding hydrogens is 446 g/mol. The van der Waals surface area contributed by atoms with Crippen molar-refractivity contribution in [3.8, 4) is 0 Å². The molecule has 9 atom stereocenters. The normalized spacial score (nSPS) is 45.4. The van der Waals surface area contributed by atoms with Gasteiger partial charge in [-0.1, -0.05) is 13.8 Å². The number of ether oxygens (including phenoxy) is 3. The Balaban J connectivity index is 1.25. The molecule has 5 heterocycles. The van der Waals surface area contributed by atoms with E-state index < -0.39 is 41.9 Å². The molecule has 2 bridgehead atoms. The van der Waals surface area contributed by atoms with Gasteiger partial charge in [-0.2, -0.15) is 0 Å². The van der Waals surface area contributed by atoms with Crippen molar-refractivity contribution in [2.45, 2.75) is 102 Å². The Kier molecular flexibility index (Phi) is 6.15. The number of carboxylic acid groups (broad SMARTS) is 1. The minimum absolute atomic E-state index is 0.0375. The Morgan fingerprint density at radius 1 is 1.06 bits per heavy atom. The first-order valence-corrected chi connectivity index (χ1v) is 12.6. The number of carbonyl (C=O) groups is 3. The summed E-state index contributed by atoms with van der Waals surface area (Å²) in [5.41, 5.74) is -0.729. The number of carboxylic acids is 1. The van der Waals surface area contributed by atoms with Crippen LogP contribution in [-0.4, -0.2) is 64.4 Å². The first-order chi connectivity index (χ1) is 16.1. The summed E-state index contributed by atoms with van der Waals surface area (Å²) in [7, 11) is 0. The van der Waals surface area contributed by atoms with Gasteiger partial charge in [0.25, 0.3) is 0 Å². The maximum Gasteiger partial charge on any atom is 0.326 e. The fourth-order valence-corrected chi connectivity index (χ4v) is 6.87. The molecule has 10 heteroatoms. The van der Waals surface area contributed by atoms with E-state index in [2.05, 4.69) is 6.92 Å². The summed E-state index contributed by atoms with van der Waals surface area (Å²) < 4.78 is 18.2. The quantitative estimate of drug-likeness (QED) is 0.466. The number of hydrogen-bond acceptors (Lipinski definition) is 8. The Morgan fingerprint density at radius 2 is 1.85 bits per heavy atom. The second-order valence-corrected chi connectivity index (χ2v) is 10.8. The number of likely N-dealkylation sites (tertiary alicyclic amines) is 1. The van der Waals surface area contributed by atoms with Gasteiger partial charge in [-0.25, -0.2) is 14.6 Å². The number of aliphatic carboxylic acids is 1. The van der Waals surface area contributed by atoms with Crippen LogP contribution in [0.4, 0.5) is 0 Å². The van der Waals surface area contributed by atoms with Crippen molar-refractivity contribution in [2.24, 2.45) is 23.7 Å². The SMILES string of the molecule is C[C@H]1[C@H](OC(=O)CCC(=O)N2CCC[C@H]2C(=O)O)O[C@@H]2O[C@]3(C)CC[C@H]4[C@H](C)CC[C@@H]1[C@@]24OO3. The molecule has 5 aliphatic heterocycles. The van der Waals surface area contributed by atoms with Crippen molar-refractivity contribution in [1.82, 2.24) is 4.90 Å². The molecule has 1 amide bonds. The van der Waals surface area contributed by atoms with Gasteiger partial charge in [0.05, 0.1) is 6.42 Å². The lowest BCUT2D eigenvalue weighted by atomic mass is 9.58. The highest BCUT2D eigenvalue weighted by atomic mass is 17.3. The lowest BCUT2D eigenvalue weighted by Crippen LogP contribution is -2.70. The molecule has 0 radical (unpaired) electrons. The molecule has 1 aliphatic carbocycles. The maximum absolute atomic E-state index is 12.7. The van der Waals surface area contributed by atoms with Gasteiger partial charge in [-0.3, -0.25) is 9.59 Å². The molecule has 1 saturated carbocycles. The van der Waals surface area contributed by atoms with E-state index in [4.69, 9.17) is 24.0 Å². The van der Waals surface area contributed by atoms with Gasteiger partial charge >= 0.3 is 11.9 Å². The van der Waals surface area contributed by atoms with Gasteiger partial charge in [0.15, 0.2) is 11.9 Å². The van der Waals surface area contributed by atoms with Crippen LogP contribution in [0.2, 0.25) is 0 Å². The highest BCUT2D eigenvalue weighted by Gasteiger charge is 2.69. The second kappa shape index (κ2) is 8.72. The van der Waals surface area contributed by atoms with Crippen LogP contribution in [0.3, 0.4) is 0 Å². The number of amides is 1. The largest absolute Gasteiger partial charge is 0.480 e. The Bertz CT molecular complexity index is 850. The molecule has 6 fully saturated rings. The van der Waals surface area contributed by atoms with Crippen molar-refractivity contribution in [2.75, 3.05) is 6.54 Å². The van der Waals surface area contributed by atoms with Crippen LogP contribution < -0.4 is 0 Å². The van der Waals surface area contributed by atoms with E-state index in [1.807, 2.05) is 13.8 Å². The Hall–Kier alpha value is -1.75. The van der Waals surface area contributed by atoms with Crippen molar-refractivity contribution in [3.05, 3.63) is 0 Å². The summed E-state index contributed by atoms with van der Waals surface area (Å²) in [6, 6.07) is -0.811. The molecule has 190 valence electrons.